The van der Waals surface area contributed by atoms with Crippen molar-refractivity contribution in [3.63, 3.8) is 0 Å². The van der Waals surface area contributed by atoms with Gasteiger partial charge in [0.15, 0.2) is 0 Å². The molecule has 0 aliphatic carbocycles. The molecule has 0 saturated carbocycles. The van der Waals surface area contributed by atoms with E-state index in [0.717, 1.165) is 5.56 Å². The highest BCUT2D eigenvalue weighted by Crippen LogP contribution is 2.37. The number of carboxylic acids is 1. The molecule has 0 saturated heterocycles. The molecule has 3 aromatic rings. The van der Waals surface area contributed by atoms with Gasteiger partial charge in [-0.25, -0.2) is 0 Å². The number of rotatable bonds is 7. The van der Waals surface area contributed by atoms with Crippen LogP contribution in [0.2, 0.25) is 0 Å². The average molecular weight is 391 g/mol. The minimum atomic E-state index is -4.70. The van der Waals surface area contributed by atoms with Crippen molar-refractivity contribution in [2.45, 2.75) is 25.6 Å². The van der Waals surface area contributed by atoms with Crippen LogP contribution in [-0.2, 0) is 24.0 Å². The van der Waals surface area contributed by atoms with E-state index in [1.165, 1.54) is 0 Å². The molecule has 0 aliphatic heterocycles. The lowest BCUT2D eigenvalue weighted by molar-refractivity contribution is -0.156. The van der Waals surface area contributed by atoms with Crippen LogP contribution in [0.5, 0.6) is 5.75 Å². The molecule has 28 heavy (non-hydrogen) atoms. The van der Waals surface area contributed by atoms with Crippen LogP contribution in [0.3, 0.4) is 0 Å². The number of carbonyl (C=O) groups is 1. The van der Waals surface area contributed by atoms with Crippen LogP contribution in [0.1, 0.15) is 23.3 Å². The van der Waals surface area contributed by atoms with Gasteiger partial charge in [-0.2, -0.15) is 13.2 Å². The molecule has 1 N–H and O–H groups in total. The Kier molecular flexibility index (Phi) is 5.67. The van der Waals surface area contributed by atoms with Crippen LogP contribution >= 0.6 is 0 Å². The van der Waals surface area contributed by atoms with E-state index in [9.17, 15) is 18.0 Å². The Labute approximate surface area is 158 Å². The molecule has 0 amide bonds. The summed E-state index contributed by atoms with van der Waals surface area (Å²) in [6, 6.07) is 14.9. The summed E-state index contributed by atoms with van der Waals surface area (Å²) < 4.78 is 49.9. The van der Waals surface area contributed by atoms with Gasteiger partial charge in [-0.05, 0) is 24.1 Å². The van der Waals surface area contributed by atoms with Crippen LogP contribution in [0.25, 0.3) is 11.3 Å². The van der Waals surface area contributed by atoms with Gasteiger partial charge in [-0.15, -0.1) is 0 Å². The van der Waals surface area contributed by atoms with E-state index < -0.39 is 17.9 Å². The third-order valence-corrected chi connectivity index (χ3v) is 4.03. The van der Waals surface area contributed by atoms with Gasteiger partial charge in [0, 0.05) is 12.0 Å². The Bertz CT molecular complexity index is 934. The van der Waals surface area contributed by atoms with Gasteiger partial charge < -0.3 is 14.4 Å². The van der Waals surface area contributed by atoms with Crippen LogP contribution < -0.4 is 4.74 Å². The molecule has 0 atom stereocenters. The normalized spacial score (nSPS) is 11.4. The topological polar surface area (TPSA) is 72.6 Å². The number of alkyl halides is 3. The summed E-state index contributed by atoms with van der Waals surface area (Å²) in [6.07, 6.45) is -4.34. The number of benzene rings is 2. The molecule has 8 heteroatoms. The van der Waals surface area contributed by atoms with Crippen molar-refractivity contribution in [2.24, 2.45) is 0 Å². The van der Waals surface area contributed by atoms with Gasteiger partial charge in [-0.3, -0.25) is 4.79 Å². The minimum absolute atomic E-state index is 0.00370. The average Bonchev–Trinajstić information content (AvgIpc) is 3.10. The third-order valence-electron chi connectivity index (χ3n) is 4.03. The van der Waals surface area contributed by atoms with E-state index in [0.29, 0.717) is 17.7 Å². The first-order chi connectivity index (χ1) is 13.3. The van der Waals surface area contributed by atoms with E-state index in [1.807, 2.05) is 0 Å². The predicted octanol–water partition coefficient (Wildman–Crippen LogP) is 4.96. The summed E-state index contributed by atoms with van der Waals surface area (Å²) >= 11 is 0. The zero-order valence-corrected chi connectivity index (χ0v) is 14.6. The molecule has 0 radical (unpaired) electrons. The molecular weight excluding hydrogens is 375 g/mol. The summed E-state index contributed by atoms with van der Waals surface area (Å²) in [7, 11) is 0. The number of carboxylic acid groups (broad SMARTS) is 1. The second-order valence-electron chi connectivity index (χ2n) is 6.03. The van der Waals surface area contributed by atoms with Gasteiger partial charge in [-0.1, -0.05) is 47.6 Å². The molecule has 2 aromatic carbocycles. The number of aliphatic carboxylic acids is 1. The molecular formula is C20H16F3NO4. The molecule has 146 valence electrons. The highest BCUT2D eigenvalue weighted by Gasteiger charge is 2.40. The van der Waals surface area contributed by atoms with Gasteiger partial charge in [0.25, 0.3) is 0 Å². The fraction of sp³-hybridized carbons (Fsp3) is 0.200. The Morgan fingerprint density at radius 1 is 1.07 bits per heavy atom. The van der Waals surface area contributed by atoms with Gasteiger partial charge in [0.2, 0.25) is 5.76 Å². The number of hydrogen-bond donors (Lipinski definition) is 1. The van der Waals surface area contributed by atoms with E-state index in [-0.39, 0.29) is 24.3 Å². The largest absolute Gasteiger partial charge is 0.489 e. The quantitative estimate of drug-likeness (QED) is 0.617. The number of ether oxygens (including phenoxy) is 1. The summed E-state index contributed by atoms with van der Waals surface area (Å²) in [5.74, 6) is -1.74. The molecule has 5 nitrogen and oxygen atoms in total. The lowest BCUT2D eigenvalue weighted by Crippen LogP contribution is -2.09. The van der Waals surface area contributed by atoms with Gasteiger partial charge in [0.1, 0.15) is 18.1 Å². The van der Waals surface area contributed by atoms with Crippen molar-refractivity contribution in [2.75, 3.05) is 0 Å². The van der Waals surface area contributed by atoms with Crippen LogP contribution in [0, 0.1) is 0 Å². The summed E-state index contributed by atoms with van der Waals surface area (Å²) in [5.41, 5.74) is 1.17. The number of hydrogen-bond acceptors (Lipinski definition) is 4. The standard InChI is InChI=1S/C20H16F3NO4/c21-20(22,23)19-16(18(24-28-19)14-4-2-1-3-5-14)12-27-15-9-6-13(7-10-15)8-11-17(25)26/h1-7,9-10H,8,11-12H2,(H,25,26). The molecule has 0 fully saturated rings. The SMILES string of the molecule is O=C(O)CCc1ccc(OCc2c(-c3ccccc3)noc2C(F)(F)F)cc1. The lowest BCUT2D eigenvalue weighted by Gasteiger charge is -2.10. The molecule has 3 rings (SSSR count). The smallest absolute Gasteiger partial charge is 0.452 e. The maximum Gasteiger partial charge on any atom is 0.452 e. The molecule has 1 aromatic heterocycles. The molecule has 0 spiro atoms. The van der Waals surface area contributed by atoms with E-state index in [2.05, 4.69) is 9.68 Å². The molecule has 0 bridgehead atoms. The fourth-order valence-corrected chi connectivity index (χ4v) is 2.65. The van der Waals surface area contributed by atoms with Gasteiger partial charge in [0.05, 0.1) is 5.56 Å². The Hall–Kier alpha value is -3.29. The second kappa shape index (κ2) is 8.16. The van der Waals surface area contributed by atoms with Crippen LogP contribution in [0.15, 0.2) is 59.1 Å². The minimum Gasteiger partial charge on any atom is -0.489 e. The highest BCUT2D eigenvalue weighted by atomic mass is 19.4. The predicted molar refractivity (Wildman–Crippen MR) is 93.7 cm³/mol. The monoisotopic (exact) mass is 391 g/mol. The fourth-order valence-electron chi connectivity index (χ4n) is 2.65. The number of halogens is 3. The second-order valence-corrected chi connectivity index (χ2v) is 6.03. The van der Waals surface area contributed by atoms with Crippen molar-refractivity contribution in [3.8, 4) is 17.0 Å². The summed E-state index contributed by atoms with van der Waals surface area (Å²) in [5, 5.41) is 12.3. The lowest BCUT2D eigenvalue weighted by atomic mass is 10.1. The van der Waals surface area contributed by atoms with Crippen molar-refractivity contribution in [3.05, 3.63) is 71.5 Å². The maximum absolute atomic E-state index is 13.3. The zero-order valence-electron chi connectivity index (χ0n) is 14.6. The van der Waals surface area contributed by atoms with Crippen molar-refractivity contribution < 1.29 is 32.3 Å². The molecule has 1 heterocycles. The van der Waals surface area contributed by atoms with Crippen molar-refractivity contribution in [1.82, 2.24) is 5.16 Å². The Morgan fingerprint density at radius 3 is 2.36 bits per heavy atom. The van der Waals surface area contributed by atoms with E-state index in [4.69, 9.17) is 9.84 Å². The van der Waals surface area contributed by atoms with Crippen molar-refractivity contribution >= 4 is 5.97 Å². The first-order valence-corrected chi connectivity index (χ1v) is 8.39. The Balaban J connectivity index is 1.79. The van der Waals surface area contributed by atoms with Gasteiger partial charge >= 0.3 is 12.1 Å². The number of aromatic nitrogens is 1. The zero-order chi connectivity index (χ0) is 20.1. The first-order valence-electron chi connectivity index (χ1n) is 8.39. The third kappa shape index (κ3) is 4.70. The molecule has 0 unspecified atom stereocenters. The van der Waals surface area contributed by atoms with Crippen LogP contribution in [0.4, 0.5) is 13.2 Å². The van der Waals surface area contributed by atoms with E-state index >= 15 is 0 Å². The Morgan fingerprint density at radius 2 is 1.75 bits per heavy atom. The number of aryl methyl sites for hydroxylation is 1. The van der Waals surface area contributed by atoms with E-state index in [1.54, 1.807) is 54.6 Å². The van der Waals surface area contributed by atoms with Crippen LogP contribution in [-0.4, -0.2) is 16.2 Å². The highest BCUT2D eigenvalue weighted by molar-refractivity contribution is 5.67. The first kappa shape index (κ1) is 19.5. The maximum atomic E-state index is 13.3. The molecule has 0 aliphatic rings. The van der Waals surface area contributed by atoms with Crippen molar-refractivity contribution in [1.29, 1.82) is 0 Å². The number of nitrogens with zero attached hydrogens (tertiary/aromatic N) is 1. The summed E-state index contributed by atoms with van der Waals surface area (Å²) in [6.45, 7) is -0.378. The summed E-state index contributed by atoms with van der Waals surface area (Å²) in [4.78, 5) is 10.6.